The van der Waals surface area contributed by atoms with Crippen LogP contribution in [-0.2, 0) is 9.53 Å². The molecule has 0 aliphatic carbocycles. The Morgan fingerprint density at radius 3 is 2.73 bits per heavy atom. The fourth-order valence-corrected chi connectivity index (χ4v) is 3.09. The number of rotatable bonds is 4. The molecule has 0 spiro atoms. The highest BCUT2D eigenvalue weighted by atomic mass is 19.1. The molecule has 0 radical (unpaired) electrons. The van der Waals surface area contributed by atoms with Gasteiger partial charge in [-0.05, 0) is 38.1 Å². The van der Waals surface area contributed by atoms with Gasteiger partial charge in [-0.3, -0.25) is 9.59 Å². The molecule has 0 saturated carbocycles. The van der Waals surface area contributed by atoms with Gasteiger partial charge in [0.1, 0.15) is 11.5 Å². The van der Waals surface area contributed by atoms with E-state index in [1.807, 2.05) is 19.9 Å². The third kappa shape index (κ3) is 3.75. The molecule has 1 N–H and O–H groups in total. The Bertz CT molecular complexity index is 849. The second kappa shape index (κ2) is 7.25. The van der Waals surface area contributed by atoms with E-state index in [9.17, 15) is 14.0 Å². The van der Waals surface area contributed by atoms with Gasteiger partial charge < -0.3 is 14.7 Å². The molecule has 0 bridgehead atoms. The minimum Gasteiger partial charge on any atom is -0.481 e. The number of amides is 1. The summed E-state index contributed by atoms with van der Waals surface area (Å²) in [4.78, 5) is 24.9. The average molecular weight is 361 g/mol. The first kappa shape index (κ1) is 18.1. The van der Waals surface area contributed by atoms with Gasteiger partial charge in [-0.25, -0.2) is 9.07 Å². The van der Waals surface area contributed by atoms with Crippen molar-refractivity contribution in [2.45, 2.75) is 26.4 Å². The number of carbonyl (C=O) groups excluding carboxylic acids is 1. The molecule has 1 aromatic heterocycles. The van der Waals surface area contributed by atoms with Crippen molar-refractivity contribution in [3.05, 3.63) is 47.0 Å². The number of carbonyl (C=O) groups is 2. The minimum atomic E-state index is -0.982. The van der Waals surface area contributed by atoms with Gasteiger partial charge >= 0.3 is 5.97 Å². The minimum absolute atomic E-state index is 0.172. The molecule has 26 heavy (non-hydrogen) atoms. The fraction of sp³-hybridized carbons (Fsp3) is 0.389. The quantitative estimate of drug-likeness (QED) is 0.900. The summed E-state index contributed by atoms with van der Waals surface area (Å²) in [7, 11) is 0. The summed E-state index contributed by atoms with van der Waals surface area (Å²) < 4.78 is 21.4. The van der Waals surface area contributed by atoms with Gasteiger partial charge in [-0.2, -0.15) is 5.10 Å². The van der Waals surface area contributed by atoms with Crippen LogP contribution in [0.25, 0.3) is 5.69 Å². The van der Waals surface area contributed by atoms with Crippen LogP contribution < -0.4 is 0 Å². The van der Waals surface area contributed by atoms with Gasteiger partial charge in [0, 0.05) is 24.3 Å². The summed E-state index contributed by atoms with van der Waals surface area (Å²) in [5.41, 5.74) is 2.06. The summed E-state index contributed by atoms with van der Waals surface area (Å²) in [6.45, 7) is 4.43. The fourth-order valence-electron chi connectivity index (χ4n) is 3.09. The molecule has 1 aliphatic heterocycles. The highest BCUT2D eigenvalue weighted by Crippen LogP contribution is 2.19. The summed E-state index contributed by atoms with van der Waals surface area (Å²) >= 11 is 0. The van der Waals surface area contributed by atoms with Crippen molar-refractivity contribution in [3.8, 4) is 5.69 Å². The van der Waals surface area contributed by atoms with Crippen molar-refractivity contribution in [1.82, 2.24) is 14.7 Å². The van der Waals surface area contributed by atoms with Crippen molar-refractivity contribution in [3.63, 3.8) is 0 Å². The van der Waals surface area contributed by atoms with E-state index in [0.717, 1.165) is 11.4 Å². The third-order valence-electron chi connectivity index (χ3n) is 4.26. The zero-order chi connectivity index (χ0) is 18.8. The van der Waals surface area contributed by atoms with Crippen LogP contribution >= 0.6 is 0 Å². The van der Waals surface area contributed by atoms with E-state index >= 15 is 0 Å². The lowest BCUT2D eigenvalue weighted by molar-refractivity contribution is -0.141. The Labute approximate surface area is 150 Å². The summed E-state index contributed by atoms with van der Waals surface area (Å²) in [5, 5.41) is 13.1. The number of hydrogen-bond acceptors (Lipinski definition) is 4. The number of halogens is 1. The predicted octanol–water partition coefficient (Wildman–Crippen LogP) is 1.94. The molecule has 1 atom stereocenters. The topological polar surface area (TPSA) is 84.7 Å². The largest absolute Gasteiger partial charge is 0.481 e. The van der Waals surface area contributed by atoms with Crippen LogP contribution in [0.15, 0.2) is 24.3 Å². The zero-order valence-electron chi connectivity index (χ0n) is 14.6. The highest BCUT2D eigenvalue weighted by Gasteiger charge is 2.27. The van der Waals surface area contributed by atoms with Gasteiger partial charge in [0.15, 0.2) is 0 Å². The number of aromatic nitrogens is 2. The maximum absolute atomic E-state index is 14.6. The lowest BCUT2D eigenvalue weighted by Crippen LogP contribution is -2.46. The molecule has 138 valence electrons. The smallest absolute Gasteiger partial charge is 0.306 e. The standard InChI is InChI=1S/C18H20FN3O4/c1-11-7-12(2)22(20-11)16-4-3-13(8-15(16)19)18(25)21-5-6-26-14(10-21)9-17(23)24/h3-4,7-8,14H,5-6,9-10H2,1-2H3,(H,23,24). The molecule has 1 amide bonds. The van der Waals surface area contributed by atoms with Crippen molar-refractivity contribution in [2.24, 2.45) is 0 Å². The van der Waals surface area contributed by atoms with Gasteiger partial charge in [0.2, 0.25) is 0 Å². The van der Waals surface area contributed by atoms with E-state index in [-0.39, 0.29) is 36.7 Å². The number of carboxylic acids is 1. The number of aliphatic carboxylic acids is 1. The number of morpholine rings is 1. The first-order valence-corrected chi connectivity index (χ1v) is 8.31. The molecule has 7 nitrogen and oxygen atoms in total. The highest BCUT2D eigenvalue weighted by molar-refractivity contribution is 5.94. The van der Waals surface area contributed by atoms with Gasteiger partial charge in [-0.15, -0.1) is 0 Å². The van der Waals surface area contributed by atoms with Crippen molar-refractivity contribution in [1.29, 1.82) is 0 Å². The molecule has 2 heterocycles. The number of benzene rings is 1. The summed E-state index contributed by atoms with van der Waals surface area (Å²) in [6, 6.07) is 6.11. The Kier molecular flexibility index (Phi) is 5.03. The molecule has 1 fully saturated rings. The lowest BCUT2D eigenvalue weighted by Gasteiger charge is -2.32. The number of carboxylic acid groups (broad SMARTS) is 1. The van der Waals surface area contributed by atoms with Gasteiger partial charge in [0.25, 0.3) is 5.91 Å². The number of hydrogen-bond donors (Lipinski definition) is 1. The van der Waals surface area contributed by atoms with E-state index in [4.69, 9.17) is 9.84 Å². The molecule has 1 saturated heterocycles. The lowest BCUT2D eigenvalue weighted by atomic mass is 10.1. The zero-order valence-corrected chi connectivity index (χ0v) is 14.6. The van der Waals surface area contributed by atoms with Crippen LogP contribution in [0.5, 0.6) is 0 Å². The average Bonchev–Trinajstić information content (AvgIpc) is 2.92. The first-order chi connectivity index (χ1) is 12.3. The second-order valence-corrected chi connectivity index (χ2v) is 6.35. The molecule has 2 aromatic rings. The summed E-state index contributed by atoms with van der Waals surface area (Å²) in [6.07, 6.45) is -0.723. The van der Waals surface area contributed by atoms with Crippen LogP contribution in [0.4, 0.5) is 4.39 Å². The normalized spacial score (nSPS) is 17.3. The van der Waals surface area contributed by atoms with Gasteiger partial charge in [-0.1, -0.05) is 0 Å². The second-order valence-electron chi connectivity index (χ2n) is 6.35. The van der Waals surface area contributed by atoms with Crippen molar-refractivity contribution >= 4 is 11.9 Å². The molecular weight excluding hydrogens is 341 g/mol. The van der Waals surface area contributed by atoms with Crippen LogP contribution in [0.2, 0.25) is 0 Å². The summed E-state index contributed by atoms with van der Waals surface area (Å²) in [5.74, 6) is -1.87. The van der Waals surface area contributed by atoms with Crippen LogP contribution in [0.1, 0.15) is 28.2 Å². The molecule has 8 heteroatoms. The molecule has 1 aromatic carbocycles. The number of ether oxygens (including phenoxy) is 1. The molecule has 1 aliphatic rings. The Balaban J connectivity index is 1.79. The van der Waals surface area contributed by atoms with Crippen molar-refractivity contribution < 1.29 is 23.8 Å². The Morgan fingerprint density at radius 1 is 1.35 bits per heavy atom. The maximum atomic E-state index is 14.6. The number of nitrogens with zero attached hydrogens (tertiary/aromatic N) is 3. The van der Waals surface area contributed by atoms with E-state index in [0.29, 0.717) is 6.54 Å². The maximum Gasteiger partial charge on any atom is 0.306 e. The monoisotopic (exact) mass is 361 g/mol. The van der Waals surface area contributed by atoms with Crippen LogP contribution in [-0.4, -0.2) is 57.5 Å². The van der Waals surface area contributed by atoms with E-state index in [2.05, 4.69) is 5.10 Å². The van der Waals surface area contributed by atoms with E-state index in [1.54, 1.807) is 6.07 Å². The first-order valence-electron chi connectivity index (χ1n) is 8.31. The van der Waals surface area contributed by atoms with Crippen LogP contribution in [0.3, 0.4) is 0 Å². The van der Waals surface area contributed by atoms with Crippen LogP contribution in [0, 0.1) is 19.7 Å². The Hall–Kier alpha value is -2.74. The molecule has 3 rings (SSSR count). The van der Waals surface area contributed by atoms with E-state index < -0.39 is 17.9 Å². The SMILES string of the molecule is Cc1cc(C)n(-c2ccc(C(=O)N3CCOC(CC(=O)O)C3)cc2F)n1. The van der Waals surface area contributed by atoms with Crippen molar-refractivity contribution in [2.75, 3.05) is 19.7 Å². The Morgan fingerprint density at radius 2 is 2.12 bits per heavy atom. The van der Waals surface area contributed by atoms with E-state index in [1.165, 1.54) is 21.7 Å². The third-order valence-corrected chi connectivity index (χ3v) is 4.26. The predicted molar refractivity (Wildman–Crippen MR) is 90.9 cm³/mol. The number of aryl methyl sites for hydroxylation is 2. The molecular formula is C18H20FN3O4. The molecule has 1 unspecified atom stereocenters. The van der Waals surface area contributed by atoms with Gasteiger partial charge in [0.05, 0.1) is 24.8 Å².